The summed E-state index contributed by atoms with van der Waals surface area (Å²) in [6.45, 7) is 6.36. The van der Waals surface area contributed by atoms with Crippen molar-refractivity contribution in [2.45, 2.75) is 39.2 Å². The normalized spacial score (nSPS) is 23.4. The number of carbonyl (C=O) groups excluding carboxylic acids is 1. The van der Waals surface area contributed by atoms with Crippen LogP contribution < -0.4 is 5.56 Å². The van der Waals surface area contributed by atoms with Crippen LogP contribution in [-0.2, 0) is 16.7 Å². The number of aliphatic imine (C=N–C) groups is 1. The molecule has 0 aliphatic heterocycles. The van der Waals surface area contributed by atoms with Crippen LogP contribution in [0.25, 0.3) is 6.08 Å². The first-order valence-corrected chi connectivity index (χ1v) is 11.0. The summed E-state index contributed by atoms with van der Waals surface area (Å²) in [5.41, 5.74) is 5.47. The molecule has 2 unspecified atom stereocenters. The SMILES string of the molecule is CC=C1C2C=C(C)CC1(N=C/C=C/c1cccc(C(=O)OCC)c1)c1ccc(=O)[nH]c1C2. The zero-order valence-corrected chi connectivity index (χ0v) is 18.7. The van der Waals surface area contributed by atoms with Gasteiger partial charge in [0.25, 0.3) is 0 Å². The number of hydrogen-bond donors (Lipinski definition) is 1. The van der Waals surface area contributed by atoms with E-state index in [0.29, 0.717) is 12.2 Å². The first-order chi connectivity index (χ1) is 15.5. The number of esters is 1. The van der Waals surface area contributed by atoms with Gasteiger partial charge >= 0.3 is 5.97 Å². The van der Waals surface area contributed by atoms with E-state index in [-0.39, 0.29) is 17.4 Å². The molecule has 4 rings (SSSR count). The Morgan fingerprint density at radius 1 is 1.31 bits per heavy atom. The molecule has 5 heteroatoms. The molecule has 0 fully saturated rings. The van der Waals surface area contributed by atoms with Crippen LogP contribution in [0.2, 0.25) is 0 Å². The monoisotopic (exact) mass is 428 g/mol. The molecule has 5 nitrogen and oxygen atoms in total. The largest absolute Gasteiger partial charge is 0.462 e. The number of allylic oxidation sites excluding steroid dienone is 3. The Morgan fingerprint density at radius 2 is 2.16 bits per heavy atom. The zero-order valence-electron chi connectivity index (χ0n) is 18.7. The number of H-pyrrole nitrogens is 1. The summed E-state index contributed by atoms with van der Waals surface area (Å²) in [6, 6.07) is 10.9. The summed E-state index contributed by atoms with van der Waals surface area (Å²) < 4.78 is 5.08. The number of aromatic amines is 1. The first-order valence-electron chi connectivity index (χ1n) is 11.0. The standard InChI is InChI=1S/C27H28N2O3/c1-4-22-21-14-18(3)17-27(22,23-11-12-25(30)29-24(23)16-21)28-13-7-9-19-8-6-10-20(15-19)26(31)32-5-2/h4,6-15,21H,5,16-17H2,1-3H3,(H,29,30)/b9-7+,22-4?,28-13?. The van der Waals surface area contributed by atoms with Gasteiger partial charge in [-0.3, -0.25) is 9.79 Å². The third kappa shape index (κ3) is 4.03. The molecule has 0 saturated carbocycles. The lowest BCUT2D eigenvalue weighted by molar-refractivity contribution is 0.0526. The zero-order chi connectivity index (χ0) is 22.7. The Kier molecular flexibility index (Phi) is 6.08. The second kappa shape index (κ2) is 8.95. The van der Waals surface area contributed by atoms with E-state index in [2.05, 4.69) is 31.0 Å². The highest BCUT2D eigenvalue weighted by molar-refractivity contribution is 5.90. The van der Waals surface area contributed by atoms with Crippen LogP contribution in [0, 0.1) is 5.92 Å². The molecule has 1 heterocycles. The Labute approximate surface area is 188 Å². The van der Waals surface area contributed by atoms with Gasteiger partial charge in [-0.1, -0.05) is 35.9 Å². The minimum absolute atomic E-state index is 0.0769. The van der Waals surface area contributed by atoms with Crippen LogP contribution in [0.15, 0.2) is 75.6 Å². The fraction of sp³-hybridized carbons (Fsp3) is 0.296. The Hall–Kier alpha value is -3.47. The minimum Gasteiger partial charge on any atom is -0.462 e. The fourth-order valence-electron chi connectivity index (χ4n) is 4.96. The number of carbonyl (C=O) groups is 1. The summed E-state index contributed by atoms with van der Waals surface area (Å²) in [6.07, 6.45) is 11.7. The maximum Gasteiger partial charge on any atom is 0.338 e. The lowest BCUT2D eigenvalue weighted by Crippen LogP contribution is -2.40. The number of hydrogen-bond acceptors (Lipinski definition) is 4. The van der Waals surface area contributed by atoms with Crippen LogP contribution >= 0.6 is 0 Å². The van der Waals surface area contributed by atoms with Gasteiger partial charge in [0.15, 0.2) is 0 Å². The third-order valence-corrected chi connectivity index (χ3v) is 6.15. The average Bonchev–Trinajstić information content (AvgIpc) is 2.76. The molecule has 0 saturated heterocycles. The Bertz CT molecular complexity index is 1220. The van der Waals surface area contributed by atoms with Gasteiger partial charge in [0, 0.05) is 35.9 Å². The van der Waals surface area contributed by atoms with E-state index in [1.54, 1.807) is 19.1 Å². The molecule has 2 aromatic rings. The van der Waals surface area contributed by atoms with Crippen molar-refractivity contribution in [3.63, 3.8) is 0 Å². The van der Waals surface area contributed by atoms with Gasteiger partial charge in [-0.2, -0.15) is 0 Å². The lowest BCUT2D eigenvalue weighted by Gasteiger charge is -2.45. The fourth-order valence-corrected chi connectivity index (χ4v) is 4.96. The number of pyridine rings is 1. The van der Waals surface area contributed by atoms with Gasteiger partial charge in [0.2, 0.25) is 5.56 Å². The highest BCUT2D eigenvalue weighted by Crippen LogP contribution is 2.51. The molecule has 2 aliphatic carbocycles. The van der Waals surface area contributed by atoms with E-state index in [0.717, 1.165) is 29.7 Å². The average molecular weight is 429 g/mol. The smallest absolute Gasteiger partial charge is 0.338 e. The highest BCUT2D eigenvalue weighted by atomic mass is 16.5. The number of nitrogens with zero attached hydrogens (tertiary/aromatic N) is 1. The molecule has 0 radical (unpaired) electrons. The van der Waals surface area contributed by atoms with Crippen molar-refractivity contribution in [2.75, 3.05) is 6.61 Å². The molecular formula is C27H28N2O3. The summed E-state index contributed by atoms with van der Waals surface area (Å²) in [5.74, 6) is -0.0852. The van der Waals surface area contributed by atoms with Gasteiger partial charge in [-0.05, 0) is 62.6 Å². The number of rotatable bonds is 5. The molecule has 1 aromatic heterocycles. The number of benzene rings is 1. The molecule has 164 valence electrons. The van der Waals surface area contributed by atoms with Crippen LogP contribution in [-0.4, -0.2) is 23.8 Å². The third-order valence-electron chi connectivity index (χ3n) is 6.15. The second-order valence-electron chi connectivity index (χ2n) is 8.30. The molecule has 2 bridgehead atoms. The van der Waals surface area contributed by atoms with E-state index >= 15 is 0 Å². The van der Waals surface area contributed by atoms with Gasteiger partial charge in [-0.25, -0.2) is 4.79 Å². The van der Waals surface area contributed by atoms with Crippen LogP contribution in [0.5, 0.6) is 0 Å². The van der Waals surface area contributed by atoms with E-state index in [9.17, 15) is 9.59 Å². The van der Waals surface area contributed by atoms with E-state index < -0.39 is 5.54 Å². The molecular weight excluding hydrogens is 400 g/mol. The number of aromatic nitrogens is 1. The summed E-state index contributed by atoms with van der Waals surface area (Å²) in [5, 5.41) is 0. The Morgan fingerprint density at radius 3 is 2.94 bits per heavy atom. The molecule has 1 N–H and O–H groups in total. The Balaban J connectivity index is 1.68. The second-order valence-corrected chi connectivity index (χ2v) is 8.30. The van der Waals surface area contributed by atoms with Crippen molar-refractivity contribution in [3.8, 4) is 0 Å². The van der Waals surface area contributed by atoms with Crippen molar-refractivity contribution >= 4 is 18.3 Å². The van der Waals surface area contributed by atoms with E-state index in [4.69, 9.17) is 9.73 Å². The first kappa shape index (κ1) is 21.8. The molecule has 0 amide bonds. The summed E-state index contributed by atoms with van der Waals surface area (Å²) in [4.78, 5) is 32.0. The topological polar surface area (TPSA) is 71.5 Å². The van der Waals surface area contributed by atoms with E-state index in [1.165, 1.54) is 11.1 Å². The molecule has 1 aromatic carbocycles. The molecule has 2 aliphatic rings. The van der Waals surface area contributed by atoms with Crippen molar-refractivity contribution in [2.24, 2.45) is 10.9 Å². The lowest BCUT2D eigenvalue weighted by atomic mass is 9.63. The minimum atomic E-state index is -0.507. The molecule has 32 heavy (non-hydrogen) atoms. The van der Waals surface area contributed by atoms with Gasteiger partial charge < -0.3 is 9.72 Å². The number of fused-ring (bicyclic) bond motifs is 4. The maximum atomic E-state index is 12.0. The highest BCUT2D eigenvalue weighted by Gasteiger charge is 2.46. The van der Waals surface area contributed by atoms with E-state index in [1.807, 2.05) is 42.6 Å². The summed E-state index contributed by atoms with van der Waals surface area (Å²) in [7, 11) is 0. The van der Waals surface area contributed by atoms with Crippen LogP contribution in [0.4, 0.5) is 0 Å². The number of nitrogens with one attached hydrogen (secondary N) is 1. The predicted octanol–water partition coefficient (Wildman–Crippen LogP) is 5.00. The summed E-state index contributed by atoms with van der Waals surface area (Å²) >= 11 is 0. The van der Waals surface area contributed by atoms with Gasteiger partial charge in [0.05, 0.1) is 12.2 Å². The van der Waals surface area contributed by atoms with Gasteiger partial charge in [-0.15, -0.1) is 0 Å². The van der Waals surface area contributed by atoms with Crippen LogP contribution in [0.1, 0.15) is 54.4 Å². The predicted molar refractivity (Wildman–Crippen MR) is 128 cm³/mol. The molecule has 0 spiro atoms. The van der Waals surface area contributed by atoms with Crippen molar-refractivity contribution in [1.82, 2.24) is 4.98 Å². The molecule has 2 atom stereocenters. The van der Waals surface area contributed by atoms with Crippen molar-refractivity contribution in [1.29, 1.82) is 0 Å². The quantitative estimate of drug-likeness (QED) is 0.414. The van der Waals surface area contributed by atoms with Gasteiger partial charge in [0.1, 0.15) is 5.54 Å². The van der Waals surface area contributed by atoms with Crippen molar-refractivity contribution in [3.05, 3.63) is 98.5 Å². The van der Waals surface area contributed by atoms with Crippen LogP contribution in [0.3, 0.4) is 0 Å². The maximum absolute atomic E-state index is 12.0. The van der Waals surface area contributed by atoms with Crippen molar-refractivity contribution < 1.29 is 9.53 Å². The number of ether oxygens (including phenoxy) is 1.